The molecule has 0 amide bonds. The molecule has 0 fully saturated rings. The molecule has 1 atom stereocenters. The molecule has 112 valence electrons. The van der Waals surface area contributed by atoms with Gasteiger partial charge in [0.2, 0.25) is 0 Å². The van der Waals surface area contributed by atoms with Crippen LogP contribution in [-0.2, 0) is 6.42 Å². The number of nitro groups is 1. The highest BCUT2D eigenvalue weighted by molar-refractivity contribution is 5.40. The van der Waals surface area contributed by atoms with Gasteiger partial charge in [0, 0.05) is 17.7 Å². The maximum atomic E-state index is 11.1. The van der Waals surface area contributed by atoms with Crippen molar-refractivity contribution in [1.82, 2.24) is 5.32 Å². The number of benzene rings is 1. The molecular formula is C16H26N2O2. The summed E-state index contributed by atoms with van der Waals surface area (Å²) in [7, 11) is 0. The van der Waals surface area contributed by atoms with Crippen molar-refractivity contribution in [1.29, 1.82) is 0 Å². The number of hydrogen-bond acceptors (Lipinski definition) is 3. The van der Waals surface area contributed by atoms with Gasteiger partial charge in [-0.15, -0.1) is 0 Å². The predicted molar refractivity (Wildman–Crippen MR) is 83.0 cm³/mol. The second-order valence-electron chi connectivity index (χ2n) is 6.51. The van der Waals surface area contributed by atoms with Crippen molar-refractivity contribution in [3.8, 4) is 0 Å². The lowest BCUT2D eigenvalue weighted by Crippen LogP contribution is -2.35. The van der Waals surface area contributed by atoms with E-state index in [0.29, 0.717) is 6.42 Å². The van der Waals surface area contributed by atoms with E-state index >= 15 is 0 Å². The van der Waals surface area contributed by atoms with E-state index in [1.807, 2.05) is 12.1 Å². The molecule has 0 spiro atoms. The minimum Gasteiger partial charge on any atom is -0.314 e. The first-order valence-electron chi connectivity index (χ1n) is 7.29. The van der Waals surface area contributed by atoms with Crippen LogP contribution in [0.5, 0.6) is 0 Å². The van der Waals surface area contributed by atoms with Gasteiger partial charge in [0.25, 0.3) is 5.69 Å². The van der Waals surface area contributed by atoms with Gasteiger partial charge in [0.1, 0.15) is 0 Å². The summed E-state index contributed by atoms with van der Waals surface area (Å²) in [4.78, 5) is 10.8. The highest BCUT2D eigenvalue weighted by Gasteiger charge is 2.21. The number of rotatable bonds is 7. The van der Waals surface area contributed by atoms with Crippen LogP contribution in [0.1, 0.15) is 46.1 Å². The highest BCUT2D eigenvalue weighted by Crippen LogP contribution is 2.25. The molecule has 1 unspecified atom stereocenters. The van der Waals surface area contributed by atoms with Gasteiger partial charge in [0.15, 0.2) is 0 Å². The van der Waals surface area contributed by atoms with Gasteiger partial charge in [0.05, 0.1) is 4.92 Å². The predicted octanol–water partition coefficient (Wildman–Crippen LogP) is 3.94. The van der Waals surface area contributed by atoms with E-state index in [4.69, 9.17) is 0 Å². The molecule has 4 heteroatoms. The number of nitrogens with one attached hydrogen (secondary N) is 1. The van der Waals surface area contributed by atoms with Crippen LogP contribution in [0.4, 0.5) is 5.69 Å². The fourth-order valence-electron chi connectivity index (χ4n) is 2.43. The van der Waals surface area contributed by atoms with Crippen LogP contribution >= 0.6 is 0 Å². The zero-order valence-corrected chi connectivity index (χ0v) is 13.0. The molecule has 0 aromatic heterocycles. The normalized spacial score (nSPS) is 13.2. The van der Waals surface area contributed by atoms with Crippen molar-refractivity contribution in [2.75, 3.05) is 6.54 Å². The van der Waals surface area contributed by atoms with Crippen molar-refractivity contribution in [2.24, 2.45) is 5.41 Å². The fraction of sp³-hybridized carbons (Fsp3) is 0.625. The molecule has 0 saturated heterocycles. The molecule has 1 N–H and O–H groups in total. The molecule has 1 aromatic rings. The van der Waals surface area contributed by atoms with Crippen LogP contribution < -0.4 is 5.32 Å². The van der Waals surface area contributed by atoms with E-state index < -0.39 is 0 Å². The first kappa shape index (κ1) is 16.6. The Balaban J connectivity index is 2.86. The van der Waals surface area contributed by atoms with Crippen LogP contribution in [0.3, 0.4) is 0 Å². The van der Waals surface area contributed by atoms with Gasteiger partial charge in [-0.1, -0.05) is 45.9 Å². The summed E-state index contributed by atoms with van der Waals surface area (Å²) in [5.41, 5.74) is 1.25. The average molecular weight is 278 g/mol. The Bertz CT molecular complexity index is 438. The van der Waals surface area contributed by atoms with Gasteiger partial charge in [-0.2, -0.15) is 0 Å². The molecule has 0 aliphatic heterocycles. The summed E-state index contributed by atoms with van der Waals surface area (Å²) in [5.74, 6) is 0. The van der Waals surface area contributed by atoms with Crippen molar-refractivity contribution in [2.45, 2.75) is 53.0 Å². The molecule has 0 heterocycles. The van der Waals surface area contributed by atoms with E-state index in [2.05, 4.69) is 33.0 Å². The first-order valence-corrected chi connectivity index (χ1v) is 7.29. The first-order chi connectivity index (χ1) is 9.33. The molecular weight excluding hydrogens is 252 g/mol. The molecule has 20 heavy (non-hydrogen) atoms. The molecule has 1 rings (SSSR count). The van der Waals surface area contributed by atoms with Gasteiger partial charge in [-0.3, -0.25) is 10.1 Å². The third kappa shape index (κ3) is 5.70. The lowest BCUT2D eigenvalue weighted by Gasteiger charge is -2.27. The Hall–Kier alpha value is -1.42. The molecule has 0 aliphatic rings. The van der Waals surface area contributed by atoms with E-state index in [9.17, 15) is 10.1 Å². The van der Waals surface area contributed by atoms with Gasteiger partial charge in [-0.25, -0.2) is 0 Å². The maximum Gasteiger partial charge on any atom is 0.272 e. The van der Waals surface area contributed by atoms with Gasteiger partial charge < -0.3 is 5.32 Å². The van der Waals surface area contributed by atoms with Gasteiger partial charge in [-0.05, 0) is 31.2 Å². The molecule has 1 aromatic carbocycles. The molecule has 0 aliphatic carbocycles. The van der Waals surface area contributed by atoms with Crippen molar-refractivity contribution >= 4 is 5.69 Å². The number of para-hydroxylation sites is 1. The van der Waals surface area contributed by atoms with E-state index in [0.717, 1.165) is 24.9 Å². The van der Waals surface area contributed by atoms with E-state index in [1.54, 1.807) is 12.1 Å². The Morgan fingerprint density at radius 1 is 1.30 bits per heavy atom. The summed E-state index contributed by atoms with van der Waals surface area (Å²) in [6.45, 7) is 9.68. The lowest BCUT2D eigenvalue weighted by molar-refractivity contribution is -0.385. The second-order valence-corrected chi connectivity index (χ2v) is 6.51. The SMILES string of the molecule is CCCNC(Cc1ccccc1[N+](=O)[O-])CC(C)(C)C. The molecule has 0 saturated carbocycles. The van der Waals surface area contributed by atoms with Crippen LogP contribution in [-0.4, -0.2) is 17.5 Å². The third-order valence-corrected chi connectivity index (χ3v) is 3.20. The van der Waals surface area contributed by atoms with Crippen LogP contribution in [0, 0.1) is 15.5 Å². The summed E-state index contributed by atoms with van der Waals surface area (Å²) >= 11 is 0. The summed E-state index contributed by atoms with van der Waals surface area (Å²) < 4.78 is 0. The van der Waals surface area contributed by atoms with E-state index in [-0.39, 0.29) is 22.1 Å². The van der Waals surface area contributed by atoms with Crippen LogP contribution in [0.15, 0.2) is 24.3 Å². The van der Waals surface area contributed by atoms with Crippen LogP contribution in [0.2, 0.25) is 0 Å². The third-order valence-electron chi connectivity index (χ3n) is 3.20. The summed E-state index contributed by atoms with van der Waals surface area (Å²) in [6.07, 6.45) is 2.77. The standard InChI is InChI=1S/C16H26N2O2/c1-5-10-17-14(12-16(2,3)4)11-13-8-6-7-9-15(13)18(19)20/h6-9,14,17H,5,10-12H2,1-4H3. The van der Waals surface area contributed by atoms with Crippen molar-refractivity contribution < 1.29 is 4.92 Å². The Labute approximate surface area is 121 Å². The number of nitrogens with zero attached hydrogens (tertiary/aromatic N) is 1. The Kier molecular flexibility index (Phi) is 6.14. The van der Waals surface area contributed by atoms with Gasteiger partial charge >= 0.3 is 0 Å². The molecule has 0 bridgehead atoms. The monoisotopic (exact) mass is 278 g/mol. The molecule has 4 nitrogen and oxygen atoms in total. The summed E-state index contributed by atoms with van der Waals surface area (Å²) in [6, 6.07) is 7.32. The van der Waals surface area contributed by atoms with Crippen LogP contribution in [0.25, 0.3) is 0 Å². The highest BCUT2D eigenvalue weighted by atomic mass is 16.6. The minimum absolute atomic E-state index is 0.203. The Morgan fingerprint density at radius 2 is 1.95 bits per heavy atom. The topological polar surface area (TPSA) is 55.2 Å². The number of nitro benzene ring substituents is 1. The maximum absolute atomic E-state index is 11.1. The Morgan fingerprint density at radius 3 is 2.50 bits per heavy atom. The fourth-order valence-corrected chi connectivity index (χ4v) is 2.43. The molecule has 0 radical (unpaired) electrons. The average Bonchev–Trinajstić information content (AvgIpc) is 2.34. The smallest absolute Gasteiger partial charge is 0.272 e. The number of hydrogen-bond donors (Lipinski definition) is 1. The largest absolute Gasteiger partial charge is 0.314 e. The second kappa shape index (κ2) is 7.39. The quantitative estimate of drug-likeness (QED) is 0.607. The van der Waals surface area contributed by atoms with Crippen molar-refractivity contribution in [3.05, 3.63) is 39.9 Å². The minimum atomic E-state index is -0.288. The zero-order valence-electron chi connectivity index (χ0n) is 13.0. The zero-order chi connectivity index (χ0) is 15.2. The van der Waals surface area contributed by atoms with E-state index in [1.165, 1.54) is 0 Å². The lowest BCUT2D eigenvalue weighted by atomic mass is 9.85. The van der Waals surface area contributed by atoms with Crippen molar-refractivity contribution in [3.63, 3.8) is 0 Å². The summed E-state index contributed by atoms with van der Waals surface area (Å²) in [5, 5.41) is 14.6.